The molecule has 6 heteroatoms. The van der Waals surface area contributed by atoms with Gasteiger partial charge in [0.25, 0.3) is 0 Å². The number of nitrogens with zero attached hydrogens (tertiary/aromatic N) is 3. The van der Waals surface area contributed by atoms with Crippen LogP contribution in [0.2, 0.25) is 0 Å². The monoisotopic (exact) mass is 322 g/mol. The summed E-state index contributed by atoms with van der Waals surface area (Å²) in [7, 11) is 0. The van der Waals surface area contributed by atoms with Gasteiger partial charge in [0.2, 0.25) is 0 Å². The SMILES string of the molecule is Cc1cnc(SCc2nc3ccccn3c2Br)[nH]1. The molecule has 0 fully saturated rings. The Kier molecular flexibility index (Phi) is 3.13. The molecule has 0 saturated heterocycles. The number of pyridine rings is 1. The van der Waals surface area contributed by atoms with Gasteiger partial charge < -0.3 is 4.98 Å². The molecule has 0 aromatic carbocycles. The fraction of sp³-hybridized carbons (Fsp3) is 0.167. The zero-order chi connectivity index (χ0) is 12.5. The van der Waals surface area contributed by atoms with Gasteiger partial charge in [-0.05, 0) is 35.0 Å². The molecule has 0 aliphatic rings. The van der Waals surface area contributed by atoms with Gasteiger partial charge in [0.15, 0.2) is 5.16 Å². The van der Waals surface area contributed by atoms with Crippen LogP contribution in [-0.2, 0) is 5.75 Å². The number of fused-ring (bicyclic) bond motifs is 1. The van der Waals surface area contributed by atoms with E-state index in [-0.39, 0.29) is 0 Å². The molecule has 3 heterocycles. The smallest absolute Gasteiger partial charge is 0.165 e. The predicted molar refractivity (Wildman–Crippen MR) is 75.8 cm³/mol. The Morgan fingerprint density at radius 3 is 3.06 bits per heavy atom. The second-order valence-electron chi connectivity index (χ2n) is 3.94. The summed E-state index contributed by atoms with van der Waals surface area (Å²) in [5, 5.41) is 0.927. The number of aromatic amines is 1. The second-order valence-corrected chi connectivity index (χ2v) is 5.65. The van der Waals surface area contributed by atoms with Crippen LogP contribution in [0.4, 0.5) is 0 Å². The highest BCUT2D eigenvalue weighted by Crippen LogP contribution is 2.25. The molecule has 4 nitrogen and oxygen atoms in total. The molecule has 3 aromatic rings. The molecule has 0 saturated carbocycles. The number of halogens is 1. The van der Waals surface area contributed by atoms with Crippen LogP contribution >= 0.6 is 27.7 Å². The number of thioether (sulfide) groups is 1. The summed E-state index contributed by atoms with van der Waals surface area (Å²) in [5.41, 5.74) is 3.06. The van der Waals surface area contributed by atoms with Gasteiger partial charge in [-0.1, -0.05) is 17.8 Å². The molecule has 1 N–H and O–H groups in total. The summed E-state index contributed by atoms with van der Waals surface area (Å²) in [5.74, 6) is 0.787. The number of aromatic nitrogens is 4. The maximum absolute atomic E-state index is 4.59. The van der Waals surface area contributed by atoms with Crippen molar-refractivity contribution in [2.75, 3.05) is 0 Å². The van der Waals surface area contributed by atoms with Crippen molar-refractivity contribution in [1.29, 1.82) is 0 Å². The minimum absolute atomic E-state index is 0.787. The molecule has 3 rings (SSSR count). The van der Waals surface area contributed by atoms with Gasteiger partial charge in [0.1, 0.15) is 10.3 Å². The van der Waals surface area contributed by atoms with E-state index >= 15 is 0 Å². The fourth-order valence-electron chi connectivity index (χ4n) is 1.71. The van der Waals surface area contributed by atoms with E-state index in [1.807, 2.05) is 41.9 Å². The number of rotatable bonds is 3. The van der Waals surface area contributed by atoms with Crippen LogP contribution in [-0.4, -0.2) is 19.4 Å². The largest absolute Gasteiger partial charge is 0.337 e. The third-order valence-corrected chi connectivity index (χ3v) is 4.30. The summed E-state index contributed by atoms with van der Waals surface area (Å²) in [6, 6.07) is 5.98. The minimum atomic E-state index is 0.787. The fourth-order valence-corrected chi connectivity index (χ4v) is 3.25. The summed E-state index contributed by atoms with van der Waals surface area (Å²) in [4.78, 5) is 12.1. The second kappa shape index (κ2) is 4.78. The maximum atomic E-state index is 4.59. The van der Waals surface area contributed by atoms with Crippen molar-refractivity contribution in [2.45, 2.75) is 17.8 Å². The van der Waals surface area contributed by atoms with Crippen LogP contribution in [0.3, 0.4) is 0 Å². The first-order valence-corrected chi connectivity index (χ1v) is 7.28. The molecular formula is C12H11BrN4S. The number of imidazole rings is 2. The van der Waals surface area contributed by atoms with E-state index in [9.17, 15) is 0 Å². The van der Waals surface area contributed by atoms with Gasteiger partial charge in [-0.3, -0.25) is 4.40 Å². The van der Waals surface area contributed by atoms with Gasteiger partial charge in [-0.25, -0.2) is 9.97 Å². The third kappa shape index (κ3) is 2.18. The van der Waals surface area contributed by atoms with Crippen LogP contribution in [0.25, 0.3) is 5.65 Å². The average molecular weight is 323 g/mol. The highest BCUT2D eigenvalue weighted by atomic mass is 79.9. The Hall–Kier alpha value is -1.27. The molecule has 0 amide bonds. The molecular weight excluding hydrogens is 312 g/mol. The van der Waals surface area contributed by atoms with Gasteiger partial charge in [-0.2, -0.15) is 0 Å². The summed E-state index contributed by atoms with van der Waals surface area (Å²) in [6.45, 7) is 2.00. The van der Waals surface area contributed by atoms with E-state index in [2.05, 4.69) is 30.9 Å². The lowest BCUT2D eigenvalue weighted by molar-refractivity contribution is 1.04. The van der Waals surface area contributed by atoms with Crippen LogP contribution in [0, 0.1) is 6.92 Å². The molecule has 0 radical (unpaired) electrons. The molecule has 92 valence electrons. The van der Waals surface area contributed by atoms with Crippen LogP contribution in [0.5, 0.6) is 0 Å². The first kappa shape index (κ1) is 11.8. The lowest BCUT2D eigenvalue weighted by Crippen LogP contribution is -1.84. The Balaban J connectivity index is 1.84. The molecule has 0 unspecified atom stereocenters. The number of H-pyrrole nitrogens is 1. The van der Waals surface area contributed by atoms with E-state index in [0.717, 1.165) is 32.5 Å². The molecule has 0 atom stereocenters. The van der Waals surface area contributed by atoms with E-state index in [4.69, 9.17) is 0 Å². The number of hydrogen-bond acceptors (Lipinski definition) is 3. The van der Waals surface area contributed by atoms with Crippen molar-refractivity contribution in [3.63, 3.8) is 0 Å². The maximum Gasteiger partial charge on any atom is 0.165 e. The highest BCUT2D eigenvalue weighted by molar-refractivity contribution is 9.10. The predicted octanol–water partition coefficient (Wildman–Crippen LogP) is 3.42. The molecule has 18 heavy (non-hydrogen) atoms. The molecule has 0 aliphatic heterocycles. The van der Waals surface area contributed by atoms with Crippen LogP contribution in [0.15, 0.2) is 40.4 Å². The lowest BCUT2D eigenvalue weighted by atomic mass is 10.5. The number of hydrogen-bond donors (Lipinski definition) is 1. The van der Waals surface area contributed by atoms with Crippen molar-refractivity contribution in [2.24, 2.45) is 0 Å². The Morgan fingerprint density at radius 2 is 2.33 bits per heavy atom. The zero-order valence-electron chi connectivity index (χ0n) is 9.72. The van der Waals surface area contributed by atoms with Crippen LogP contribution in [0.1, 0.15) is 11.4 Å². The van der Waals surface area contributed by atoms with Gasteiger partial charge in [0.05, 0.1) is 5.69 Å². The number of nitrogens with one attached hydrogen (secondary N) is 1. The van der Waals surface area contributed by atoms with Gasteiger partial charge in [-0.15, -0.1) is 0 Å². The Morgan fingerprint density at radius 1 is 1.44 bits per heavy atom. The highest BCUT2D eigenvalue weighted by Gasteiger charge is 2.10. The summed E-state index contributed by atoms with van der Waals surface area (Å²) in [6.07, 6.45) is 3.83. The average Bonchev–Trinajstić information content (AvgIpc) is 2.92. The summed E-state index contributed by atoms with van der Waals surface area (Å²) >= 11 is 5.24. The topological polar surface area (TPSA) is 46.0 Å². The Bertz CT molecular complexity index is 688. The molecule has 0 spiro atoms. The first-order chi connectivity index (χ1) is 8.74. The quantitative estimate of drug-likeness (QED) is 0.751. The standard InChI is InChI=1S/C12H11BrN4S/c1-8-6-14-12(15-8)18-7-9-11(13)17-5-3-2-4-10(17)16-9/h2-6H,7H2,1H3,(H,14,15). The van der Waals surface area contributed by atoms with E-state index < -0.39 is 0 Å². The number of aryl methyl sites for hydroxylation is 1. The van der Waals surface area contributed by atoms with Crippen molar-refractivity contribution in [3.8, 4) is 0 Å². The van der Waals surface area contributed by atoms with Crippen molar-refractivity contribution >= 4 is 33.3 Å². The van der Waals surface area contributed by atoms with E-state index in [0.29, 0.717) is 0 Å². The minimum Gasteiger partial charge on any atom is -0.337 e. The van der Waals surface area contributed by atoms with Crippen molar-refractivity contribution in [1.82, 2.24) is 19.4 Å². The van der Waals surface area contributed by atoms with E-state index in [1.165, 1.54) is 0 Å². The zero-order valence-corrected chi connectivity index (χ0v) is 12.1. The molecule has 3 aromatic heterocycles. The Labute approximate surface area is 117 Å². The first-order valence-electron chi connectivity index (χ1n) is 5.50. The molecule has 0 aliphatic carbocycles. The van der Waals surface area contributed by atoms with E-state index in [1.54, 1.807) is 11.8 Å². The third-order valence-electron chi connectivity index (χ3n) is 2.56. The van der Waals surface area contributed by atoms with Crippen molar-refractivity contribution < 1.29 is 0 Å². The van der Waals surface area contributed by atoms with Gasteiger partial charge >= 0.3 is 0 Å². The van der Waals surface area contributed by atoms with Crippen LogP contribution < -0.4 is 0 Å². The molecule has 0 bridgehead atoms. The normalized spacial score (nSPS) is 11.2. The lowest BCUT2D eigenvalue weighted by Gasteiger charge is -1.96. The summed E-state index contributed by atoms with van der Waals surface area (Å²) < 4.78 is 3.04. The van der Waals surface area contributed by atoms with Crippen molar-refractivity contribution in [3.05, 3.63) is 46.6 Å². The van der Waals surface area contributed by atoms with Gasteiger partial charge in [0, 0.05) is 23.8 Å².